The number of aryl methyl sites for hydroxylation is 1. The van der Waals surface area contributed by atoms with Crippen LogP contribution >= 0.6 is 11.8 Å². The number of rotatable bonds is 2. The first-order valence-electron chi connectivity index (χ1n) is 6.86. The minimum atomic E-state index is 0.181. The number of methoxy groups -OCH3 is 1. The highest BCUT2D eigenvalue weighted by Gasteiger charge is 2.42. The molecule has 3 rings (SSSR count). The van der Waals surface area contributed by atoms with Crippen molar-refractivity contribution in [3.63, 3.8) is 0 Å². The predicted molar refractivity (Wildman–Crippen MR) is 77.3 cm³/mol. The van der Waals surface area contributed by atoms with Crippen molar-refractivity contribution in [3.8, 4) is 5.75 Å². The monoisotopic (exact) mass is 263 g/mol. The zero-order chi connectivity index (χ0) is 12.6. The van der Waals surface area contributed by atoms with E-state index in [4.69, 9.17) is 4.74 Å². The topological polar surface area (TPSA) is 21.3 Å². The fourth-order valence-corrected chi connectivity index (χ4v) is 4.83. The summed E-state index contributed by atoms with van der Waals surface area (Å²) < 4.78 is 5.35. The van der Waals surface area contributed by atoms with E-state index in [-0.39, 0.29) is 4.87 Å². The van der Waals surface area contributed by atoms with E-state index in [0.29, 0.717) is 6.04 Å². The molecule has 1 saturated heterocycles. The van der Waals surface area contributed by atoms with Crippen LogP contribution in [0.25, 0.3) is 0 Å². The SMILES string of the molecule is CCC1CSC2(CCCc3cc(OC)ccc32)N1. The second kappa shape index (κ2) is 4.78. The van der Waals surface area contributed by atoms with Gasteiger partial charge in [-0.3, -0.25) is 5.32 Å². The summed E-state index contributed by atoms with van der Waals surface area (Å²) in [6.45, 7) is 2.27. The number of benzene rings is 1. The lowest BCUT2D eigenvalue weighted by molar-refractivity contribution is 0.387. The van der Waals surface area contributed by atoms with Crippen molar-refractivity contribution in [1.82, 2.24) is 5.32 Å². The van der Waals surface area contributed by atoms with Crippen LogP contribution in [-0.4, -0.2) is 18.9 Å². The standard InChI is InChI=1S/C15H21NOS/c1-3-12-10-18-15(16-12)8-4-5-11-9-13(17-2)6-7-14(11)15/h6-7,9,12,16H,3-5,8,10H2,1-2H3. The molecule has 0 amide bonds. The molecule has 1 aromatic carbocycles. The Kier molecular flexibility index (Phi) is 3.29. The van der Waals surface area contributed by atoms with Crippen molar-refractivity contribution in [2.75, 3.05) is 12.9 Å². The molecule has 3 heteroatoms. The number of hydrogen-bond donors (Lipinski definition) is 1. The van der Waals surface area contributed by atoms with Crippen molar-refractivity contribution in [3.05, 3.63) is 29.3 Å². The van der Waals surface area contributed by atoms with Crippen LogP contribution in [0, 0.1) is 0 Å². The van der Waals surface area contributed by atoms with Gasteiger partial charge in [-0.2, -0.15) is 0 Å². The maximum atomic E-state index is 5.35. The van der Waals surface area contributed by atoms with Crippen molar-refractivity contribution < 1.29 is 4.74 Å². The number of ether oxygens (including phenoxy) is 1. The van der Waals surface area contributed by atoms with Crippen molar-refractivity contribution in [2.45, 2.75) is 43.5 Å². The Labute approximate surface area is 113 Å². The van der Waals surface area contributed by atoms with Crippen LogP contribution < -0.4 is 10.1 Å². The van der Waals surface area contributed by atoms with Gasteiger partial charge < -0.3 is 4.74 Å². The number of fused-ring (bicyclic) bond motifs is 2. The number of thioether (sulfide) groups is 1. The van der Waals surface area contributed by atoms with Gasteiger partial charge in [0.05, 0.1) is 12.0 Å². The molecule has 2 unspecified atom stereocenters. The lowest BCUT2D eigenvalue weighted by atomic mass is 9.86. The molecule has 2 nitrogen and oxygen atoms in total. The van der Waals surface area contributed by atoms with Crippen LogP contribution in [0.3, 0.4) is 0 Å². The van der Waals surface area contributed by atoms with Gasteiger partial charge in [-0.25, -0.2) is 0 Å². The van der Waals surface area contributed by atoms with E-state index in [1.807, 2.05) is 0 Å². The molecule has 1 heterocycles. The predicted octanol–water partition coefficient (Wildman–Crippen LogP) is 3.30. The van der Waals surface area contributed by atoms with E-state index in [0.717, 1.165) is 5.75 Å². The molecule has 98 valence electrons. The summed E-state index contributed by atoms with van der Waals surface area (Å²) in [6.07, 6.45) is 4.94. The average Bonchev–Trinajstić information content (AvgIpc) is 2.83. The van der Waals surface area contributed by atoms with Crippen LogP contribution in [0.2, 0.25) is 0 Å². The molecule has 0 aromatic heterocycles. The summed E-state index contributed by atoms with van der Waals surface area (Å²) in [5.74, 6) is 2.22. The third-order valence-electron chi connectivity index (χ3n) is 4.18. The molecule has 2 atom stereocenters. The zero-order valence-electron chi connectivity index (χ0n) is 11.2. The Morgan fingerprint density at radius 2 is 2.39 bits per heavy atom. The van der Waals surface area contributed by atoms with Gasteiger partial charge in [0.1, 0.15) is 5.75 Å². The third-order valence-corrected chi connectivity index (χ3v) is 5.79. The maximum Gasteiger partial charge on any atom is 0.119 e. The second-order valence-electron chi connectivity index (χ2n) is 5.26. The summed E-state index contributed by atoms with van der Waals surface area (Å²) in [6, 6.07) is 7.26. The molecular weight excluding hydrogens is 242 g/mol. The highest BCUT2D eigenvalue weighted by Crippen LogP contribution is 2.48. The smallest absolute Gasteiger partial charge is 0.119 e. The van der Waals surface area contributed by atoms with Gasteiger partial charge in [-0.05, 0) is 48.9 Å². The van der Waals surface area contributed by atoms with Gasteiger partial charge in [-0.1, -0.05) is 13.0 Å². The summed E-state index contributed by atoms with van der Waals surface area (Å²) in [5.41, 5.74) is 2.97. The summed E-state index contributed by atoms with van der Waals surface area (Å²) in [7, 11) is 1.75. The molecule has 0 saturated carbocycles. The van der Waals surface area contributed by atoms with Crippen LogP contribution in [0.5, 0.6) is 5.75 Å². The Morgan fingerprint density at radius 3 is 3.11 bits per heavy atom. The molecule has 1 fully saturated rings. The van der Waals surface area contributed by atoms with E-state index in [1.54, 1.807) is 7.11 Å². The molecule has 1 N–H and O–H groups in total. The Balaban J connectivity index is 1.97. The van der Waals surface area contributed by atoms with Crippen LogP contribution in [0.4, 0.5) is 0 Å². The summed E-state index contributed by atoms with van der Waals surface area (Å²) in [5, 5.41) is 3.87. The summed E-state index contributed by atoms with van der Waals surface area (Å²) >= 11 is 2.10. The van der Waals surface area contributed by atoms with Gasteiger partial charge in [0.2, 0.25) is 0 Å². The highest BCUT2D eigenvalue weighted by molar-refractivity contribution is 8.00. The third kappa shape index (κ3) is 1.94. The largest absolute Gasteiger partial charge is 0.497 e. The molecular formula is C15H21NOS. The van der Waals surface area contributed by atoms with Crippen molar-refractivity contribution in [2.24, 2.45) is 0 Å². The second-order valence-corrected chi connectivity index (χ2v) is 6.58. The molecule has 1 aliphatic heterocycles. The zero-order valence-corrected chi connectivity index (χ0v) is 12.0. The fourth-order valence-electron chi connectivity index (χ4n) is 3.14. The van der Waals surface area contributed by atoms with Gasteiger partial charge in [-0.15, -0.1) is 11.8 Å². The fraction of sp³-hybridized carbons (Fsp3) is 0.600. The molecule has 1 spiro atoms. The van der Waals surface area contributed by atoms with E-state index < -0.39 is 0 Å². The Hall–Kier alpha value is -0.670. The van der Waals surface area contributed by atoms with Gasteiger partial charge >= 0.3 is 0 Å². The number of hydrogen-bond acceptors (Lipinski definition) is 3. The molecule has 2 aliphatic rings. The van der Waals surface area contributed by atoms with E-state index >= 15 is 0 Å². The Bertz CT molecular complexity index is 448. The van der Waals surface area contributed by atoms with Gasteiger partial charge in [0, 0.05) is 11.8 Å². The molecule has 0 radical (unpaired) electrons. The van der Waals surface area contributed by atoms with Crippen LogP contribution in [-0.2, 0) is 11.3 Å². The van der Waals surface area contributed by atoms with Crippen molar-refractivity contribution >= 4 is 11.8 Å². The van der Waals surface area contributed by atoms with Crippen molar-refractivity contribution in [1.29, 1.82) is 0 Å². The quantitative estimate of drug-likeness (QED) is 0.884. The maximum absolute atomic E-state index is 5.35. The van der Waals surface area contributed by atoms with Gasteiger partial charge in [0.15, 0.2) is 0 Å². The van der Waals surface area contributed by atoms with E-state index in [2.05, 4.69) is 42.2 Å². The summed E-state index contributed by atoms with van der Waals surface area (Å²) in [4.78, 5) is 0.181. The first kappa shape index (κ1) is 12.4. The average molecular weight is 263 g/mol. The lowest BCUT2D eigenvalue weighted by Crippen LogP contribution is -2.41. The van der Waals surface area contributed by atoms with E-state index in [9.17, 15) is 0 Å². The number of nitrogens with one attached hydrogen (secondary N) is 1. The first-order chi connectivity index (χ1) is 8.77. The van der Waals surface area contributed by atoms with Crippen LogP contribution in [0.15, 0.2) is 18.2 Å². The van der Waals surface area contributed by atoms with Crippen LogP contribution in [0.1, 0.15) is 37.3 Å². The minimum Gasteiger partial charge on any atom is -0.497 e. The minimum absolute atomic E-state index is 0.181. The lowest BCUT2D eigenvalue weighted by Gasteiger charge is -2.36. The van der Waals surface area contributed by atoms with Gasteiger partial charge in [0.25, 0.3) is 0 Å². The highest BCUT2D eigenvalue weighted by atomic mass is 32.2. The Morgan fingerprint density at radius 1 is 1.50 bits per heavy atom. The molecule has 18 heavy (non-hydrogen) atoms. The molecule has 0 bridgehead atoms. The normalized spacial score (nSPS) is 30.4. The first-order valence-corrected chi connectivity index (χ1v) is 7.85. The molecule has 1 aromatic rings. The van der Waals surface area contributed by atoms with E-state index in [1.165, 1.54) is 42.6 Å². The molecule has 1 aliphatic carbocycles.